The van der Waals surface area contributed by atoms with Gasteiger partial charge in [-0.1, -0.05) is 13.3 Å². The molecule has 0 spiro atoms. The molecule has 1 aliphatic rings. The Kier molecular flexibility index (Phi) is 5.62. The summed E-state index contributed by atoms with van der Waals surface area (Å²) in [5.74, 6) is 0. The maximum Gasteiger partial charge on any atom is 0.407 e. The van der Waals surface area contributed by atoms with E-state index in [2.05, 4.69) is 15.4 Å². The highest BCUT2D eigenvalue weighted by Gasteiger charge is 2.21. The molecule has 1 aromatic carbocycles. The molecular weight excluding hydrogens is 306 g/mol. The van der Waals surface area contributed by atoms with Gasteiger partial charge in [-0.2, -0.15) is 0 Å². The summed E-state index contributed by atoms with van der Waals surface area (Å²) in [4.78, 5) is 11.1. The molecule has 1 atom stereocenters. The number of amides is 1. The normalized spacial score (nSPS) is 17.9. The van der Waals surface area contributed by atoms with Crippen molar-refractivity contribution in [2.45, 2.75) is 30.8 Å². The maximum absolute atomic E-state index is 12.0. The second-order valence-electron chi connectivity index (χ2n) is 5.06. The monoisotopic (exact) mass is 327 g/mol. The molecule has 0 aliphatic carbocycles. The second kappa shape index (κ2) is 7.46. The Morgan fingerprint density at radius 1 is 1.32 bits per heavy atom. The van der Waals surface area contributed by atoms with Gasteiger partial charge in [-0.15, -0.1) is 0 Å². The Bertz CT molecular complexity index is 601. The van der Waals surface area contributed by atoms with Crippen molar-refractivity contribution in [3.8, 4) is 0 Å². The van der Waals surface area contributed by atoms with E-state index in [-0.39, 0.29) is 11.0 Å². The Labute approximate surface area is 130 Å². The van der Waals surface area contributed by atoms with Crippen LogP contribution in [0.2, 0.25) is 0 Å². The zero-order valence-corrected chi connectivity index (χ0v) is 13.3. The smallest absolute Gasteiger partial charge is 0.407 e. The first-order valence-corrected chi connectivity index (χ1v) is 8.77. The lowest BCUT2D eigenvalue weighted by molar-refractivity contribution is 0.145. The van der Waals surface area contributed by atoms with Crippen LogP contribution in [0.4, 0.5) is 10.5 Å². The fourth-order valence-corrected chi connectivity index (χ4v) is 3.07. The number of carbonyl (C=O) groups excluding carboxylic acids is 1. The van der Waals surface area contributed by atoms with Crippen LogP contribution in [0.5, 0.6) is 0 Å². The van der Waals surface area contributed by atoms with Crippen molar-refractivity contribution < 1.29 is 17.9 Å². The molecular formula is C14H21N3O4S. The minimum atomic E-state index is -3.44. The summed E-state index contributed by atoms with van der Waals surface area (Å²) in [6.45, 7) is 3.39. The van der Waals surface area contributed by atoms with Crippen molar-refractivity contribution in [3.05, 3.63) is 24.3 Å². The minimum absolute atomic E-state index is 0.216. The fraction of sp³-hybridized carbons (Fsp3) is 0.500. The van der Waals surface area contributed by atoms with Crippen LogP contribution in [-0.2, 0) is 14.8 Å². The molecule has 1 amide bonds. The second-order valence-corrected chi connectivity index (χ2v) is 6.83. The van der Waals surface area contributed by atoms with Crippen LogP contribution in [0.15, 0.2) is 29.2 Å². The van der Waals surface area contributed by atoms with Gasteiger partial charge < -0.3 is 15.4 Å². The number of carbonyl (C=O) groups is 1. The lowest BCUT2D eigenvalue weighted by Crippen LogP contribution is -2.25. The van der Waals surface area contributed by atoms with Crippen molar-refractivity contribution in [2.75, 3.05) is 25.0 Å². The van der Waals surface area contributed by atoms with E-state index in [0.29, 0.717) is 19.6 Å². The van der Waals surface area contributed by atoms with E-state index in [9.17, 15) is 13.2 Å². The van der Waals surface area contributed by atoms with Crippen LogP contribution in [0.3, 0.4) is 0 Å². The van der Waals surface area contributed by atoms with Gasteiger partial charge in [0.25, 0.3) is 0 Å². The van der Waals surface area contributed by atoms with Crippen molar-refractivity contribution in [1.29, 1.82) is 0 Å². The van der Waals surface area contributed by atoms with E-state index in [1.54, 1.807) is 24.3 Å². The third-order valence-electron chi connectivity index (χ3n) is 3.27. The molecule has 0 bridgehead atoms. The third kappa shape index (κ3) is 4.60. The van der Waals surface area contributed by atoms with Gasteiger partial charge in [-0.05, 0) is 30.7 Å². The Morgan fingerprint density at radius 2 is 2.05 bits per heavy atom. The van der Waals surface area contributed by atoms with Crippen molar-refractivity contribution in [2.24, 2.45) is 0 Å². The predicted octanol–water partition coefficient (Wildman–Crippen LogP) is 1.29. The number of hydrogen-bond donors (Lipinski definition) is 3. The molecule has 3 N–H and O–H groups in total. The van der Waals surface area contributed by atoms with E-state index in [4.69, 9.17) is 4.74 Å². The minimum Gasteiger partial charge on any atom is -0.442 e. The molecule has 1 aliphatic heterocycles. The highest BCUT2D eigenvalue weighted by Crippen LogP contribution is 2.14. The molecule has 0 aromatic heterocycles. The van der Waals surface area contributed by atoms with E-state index in [0.717, 1.165) is 18.5 Å². The highest BCUT2D eigenvalue weighted by atomic mass is 32.2. The molecule has 2 rings (SSSR count). The number of unbranched alkanes of at least 4 members (excludes halogenated alkanes) is 1. The van der Waals surface area contributed by atoms with Crippen LogP contribution in [0.1, 0.15) is 19.8 Å². The number of benzene rings is 1. The molecule has 1 unspecified atom stereocenters. The highest BCUT2D eigenvalue weighted by molar-refractivity contribution is 7.89. The zero-order chi connectivity index (χ0) is 16.0. The molecule has 1 aromatic rings. The maximum atomic E-state index is 12.0. The van der Waals surface area contributed by atoms with Gasteiger partial charge >= 0.3 is 6.09 Å². The standard InChI is InChI=1S/C14H21N3O4S/c1-2-3-8-17-22(19,20)13-6-4-11(5-7-13)15-9-12-10-16-14(18)21-12/h4-7,12,15,17H,2-3,8-10H2,1H3,(H,16,18). The summed E-state index contributed by atoms with van der Waals surface area (Å²) in [5, 5.41) is 5.68. The molecule has 1 heterocycles. The van der Waals surface area contributed by atoms with E-state index in [1.807, 2.05) is 6.92 Å². The third-order valence-corrected chi connectivity index (χ3v) is 4.75. The largest absolute Gasteiger partial charge is 0.442 e. The summed E-state index contributed by atoms with van der Waals surface area (Å²) in [6.07, 6.45) is 1.12. The van der Waals surface area contributed by atoms with E-state index >= 15 is 0 Å². The number of sulfonamides is 1. The molecule has 1 fully saturated rings. The predicted molar refractivity (Wildman–Crippen MR) is 83.3 cm³/mol. The van der Waals surface area contributed by atoms with Crippen LogP contribution < -0.4 is 15.4 Å². The number of ether oxygens (including phenoxy) is 1. The van der Waals surface area contributed by atoms with Gasteiger partial charge in [0.15, 0.2) is 0 Å². The van der Waals surface area contributed by atoms with Gasteiger partial charge in [0.2, 0.25) is 10.0 Å². The summed E-state index contributed by atoms with van der Waals surface area (Å²) in [5.41, 5.74) is 0.774. The van der Waals surface area contributed by atoms with Crippen molar-refractivity contribution in [1.82, 2.24) is 10.0 Å². The first kappa shape index (κ1) is 16.6. The van der Waals surface area contributed by atoms with Gasteiger partial charge in [-0.25, -0.2) is 17.9 Å². The molecule has 122 valence electrons. The lowest BCUT2D eigenvalue weighted by Gasteiger charge is -2.11. The number of rotatable bonds is 8. The molecule has 0 radical (unpaired) electrons. The zero-order valence-electron chi connectivity index (χ0n) is 12.5. The Balaban J connectivity index is 1.88. The van der Waals surface area contributed by atoms with Crippen LogP contribution in [0, 0.1) is 0 Å². The number of alkyl carbamates (subject to hydrolysis) is 1. The van der Waals surface area contributed by atoms with Crippen LogP contribution in [0.25, 0.3) is 0 Å². The molecule has 0 saturated carbocycles. The van der Waals surface area contributed by atoms with Gasteiger partial charge in [-0.3, -0.25) is 0 Å². The first-order chi connectivity index (χ1) is 10.5. The van der Waals surface area contributed by atoms with Gasteiger partial charge in [0.05, 0.1) is 18.0 Å². The summed E-state index contributed by atoms with van der Waals surface area (Å²) in [6, 6.07) is 6.49. The summed E-state index contributed by atoms with van der Waals surface area (Å²) >= 11 is 0. The van der Waals surface area contributed by atoms with Crippen LogP contribution >= 0.6 is 0 Å². The number of hydrogen-bond acceptors (Lipinski definition) is 5. The lowest BCUT2D eigenvalue weighted by atomic mass is 10.3. The van der Waals surface area contributed by atoms with Crippen molar-refractivity contribution >= 4 is 21.8 Å². The average Bonchev–Trinajstić information content (AvgIpc) is 2.91. The average molecular weight is 327 g/mol. The molecule has 7 nitrogen and oxygen atoms in total. The number of nitrogens with one attached hydrogen (secondary N) is 3. The van der Waals surface area contributed by atoms with Crippen molar-refractivity contribution in [3.63, 3.8) is 0 Å². The molecule has 8 heteroatoms. The fourth-order valence-electron chi connectivity index (χ4n) is 2.00. The van der Waals surface area contributed by atoms with Gasteiger partial charge in [0.1, 0.15) is 6.10 Å². The van der Waals surface area contributed by atoms with Crippen LogP contribution in [-0.4, -0.2) is 40.2 Å². The van der Waals surface area contributed by atoms with Gasteiger partial charge in [0, 0.05) is 12.2 Å². The molecule has 22 heavy (non-hydrogen) atoms. The molecule has 1 saturated heterocycles. The van der Waals surface area contributed by atoms with E-state index in [1.165, 1.54) is 0 Å². The first-order valence-electron chi connectivity index (χ1n) is 7.29. The summed E-state index contributed by atoms with van der Waals surface area (Å²) < 4.78 is 31.6. The SMILES string of the molecule is CCCCNS(=O)(=O)c1ccc(NCC2CNC(=O)O2)cc1. The number of cyclic esters (lactones) is 1. The summed E-state index contributed by atoms with van der Waals surface area (Å²) in [7, 11) is -3.44. The quantitative estimate of drug-likeness (QED) is 0.625. The topological polar surface area (TPSA) is 96.5 Å². The Hall–Kier alpha value is -1.80. The number of anilines is 1. The van der Waals surface area contributed by atoms with E-state index < -0.39 is 16.1 Å². The Morgan fingerprint density at radius 3 is 2.64 bits per heavy atom.